The fraction of sp³-hybridized carbons (Fsp3) is 0.778. The first kappa shape index (κ1) is 11.9. The van der Waals surface area contributed by atoms with E-state index in [0.29, 0.717) is 6.42 Å². The third-order valence-corrected chi connectivity index (χ3v) is 1.87. The molecule has 0 radical (unpaired) electrons. The monoisotopic (exact) mass is 194 g/mol. The van der Waals surface area contributed by atoms with Crippen LogP contribution in [0.25, 0.3) is 0 Å². The number of hydrogen-bond acceptors (Lipinski definition) is 1. The second-order valence-electron chi connectivity index (χ2n) is 2.83. The second-order valence-corrected chi connectivity index (χ2v) is 3.08. The van der Waals surface area contributed by atoms with Gasteiger partial charge in [-0.25, -0.2) is 4.39 Å². The van der Waals surface area contributed by atoms with Crippen LogP contribution in [-0.2, 0) is 0 Å². The number of aliphatic hydroxyl groups excluding tert-OH is 1. The fourth-order valence-corrected chi connectivity index (χ4v) is 1.10. The maximum Gasteiger partial charge on any atom is 0.145 e. The van der Waals surface area contributed by atoms with Gasteiger partial charge in [-0.3, -0.25) is 0 Å². The molecule has 0 heterocycles. The van der Waals surface area contributed by atoms with Crippen LogP contribution in [-0.4, -0.2) is 17.4 Å². The minimum atomic E-state index is -1.32. The van der Waals surface area contributed by atoms with E-state index in [1.165, 1.54) is 0 Å². The molecular formula is C9H16ClFO. The largest absolute Gasteiger partial charge is 0.390 e. The molecular weight excluding hydrogens is 179 g/mol. The zero-order chi connectivity index (χ0) is 9.40. The van der Waals surface area contributed by atoms with E-state index in [4.69, 9.17) is 11.6 Å². The lowest BCUT2D eigenvalue weighted by Crippen LogP contribution is -2.19. The Labute approximate surface area is 78.2 Å². The summed E-state index contributed by atoms with van der Waals surface area (Å²) in [5.41, 5.74) is 1.10. The average molecular weight is 195 g/mol. The van der Waals surface area contributed by atoms with Crippen molar-refractivity contribution in [3.63, 3.8) is 0 Å². The summed E-state index contributed by atoms with van der Waals surface area (Å²) in [5, 5.41) is 9.19. The van der Waals surface area contributed by atoms with Crippen LogP contribution in [0.2, 0.25) is 0 Å². The maximum absolute atomic E-state index is 12.8. The molecule has 72 valence electrons. The third-order valence-electron chi connectivity index (χ3n) is 1.73. The van der Waals surface area contributed by atoms with Gasteiger partial charge in [-0.05, 0) is 12.5 Å². The maximum atomic E-state index is 12.8. The molecule has 0 spiro atoms. The Bertz CT molecular complexity index is 128. The molecule has 0 aliphatic carbocycles. The zero-order valence-corrected chi connectivity index (χ0v) is 8.10. The molecule has 1 nitrogen and oxygen atoms in total. The standard InChI is InChI=1S/C9H16ClFO/c1-2-3-4-5-9(12)8(11)6-7-10/h6-9,12H,2-5H2,1H3/b7-6+. The van der Waals surface area contributed by atoms with Crippen LogP contribution >= 0.6 is 11.6 Å². The van der Waals surface area contributed by atoms with Gasteiger partial charge < -0.3 is 5.11 Å². The summed E-state index contributed by atoms with van der Waals surface area (Å²) < 4.78 is 12.8. The highest BCUT2D eigenvalue weighted by Crippen LogP contribution is 2.10. The van der Waals surface area contributed by atoms with Crippen LogP contribution in [0, 0.1) is 0 Å². The second kappa shape index (κ2) is 7.56. The van der Waals surface area contributed by atoms with Crippen LogP contribution in [0.4, 0.5) is 4.39 Å². The minimum absolute atomic E-state index is 0.510. The number of alkyl halides is 1. The zero-order valence-electron chi connectivity index (χ0n) is 7.34. The molecule has 0 aliphatic heterocycles. The fourth-order valence-electron chi connectivity index (χ4n) is 0.960. The van der Waals surface area contributed by atoms with E-state index in [1.807, 2.05) is 0 Å². The van der Waals surface area contributed by atoms with Gasteiger partial charge >= 0.3 is 0 Å². The van der Waals surface area contributed by atoms with Gasteiger partial charge in [-0.2, -0.15) is 0 Å². The van der Waals surface area contributed by atoms with Crippen molar-refractivity contribution in [1.29, 1.82) is 0 Å². The quantitative estimate of drug-likeness (QED) is 0.645. The molecule has 0 aromatic carbocycles. The van der Waals surface area contributed by atoms with E-state index < -0.39 is 12.3 Å². The Kier molecular flexibility index (Phi) is 7.51. The Morgan fingerprint density at radius 1 is 1.50 bits per heavy atom. The lowest BCUT2D eigenvalue weighted by molar-refractivity contribution is 0.0926. The highest BCUT2D eigenvalue weighted by Gasteiger charge is 2.13. The summed E-state index contributed by atoms with van der Waals surface area (Å²) in [6.07, 6.45) is 2.44. The minimum Gasteiger partial charge on any atom is -0.390 e. The molecule has 0 saturated heterocycles. The van der Waals surface area contributed by atoms with Gasteiger partial charge in [-0.1, -0.05) is 37.8 Å². The summed E-state index contributed by atoms with van der Waals surface area (Å²) in [6.45, 7) is 2.07. The van der Waals surface area contributed by atoms with E-state index >= 15 is 0 Å². The molecule has 0 aromatic rings. The van der Waals surface area contributed by atoms with E-state index in [2.05, 4.69) is 6.92 Å². The van der Waals surface area contributed by atoms with E-state index in [0.717, 1.165) is 30.9 Å². The average Bonchev–Trinajstić information content (AvgIpc) is 2.05. The summed E-state index contributed by atoms with van der Waals surface area (Å²) in [5.74, 6) is 0. The van der Waals surface area contributed by atoms with Gasteiger partial charge in [0.05, 0.1) is 6.10 Å². The van der Waals surface area contributed by atoms with Gasteiger partial charge in [0.1, 0.15) is 6.17 Å². The predicted molar refractivity (Wildman–Crippen MR) is 50.0 cm³/mol. The number of unbranched alkanes of at least 4 members (excludes halogenated alkanes) is 2. The van der Waals surface area contributed by atoms with Gasteiger partial charge in [0.2, 0.25) is 0 Å². The highest BCUT2D eigenvalue weighted by molar-refractivity contribution is 6.25. The molecule has 0 saturated carbocycles. The van der Waals surface area contributed by atoms with Gasteiger partial charge in [0.25, 0.3) is 0 Å². The number of aliphatic hydroxyl groups is 1. The predicted octanol–water partition coefficient (Wildman–Crippen LogP) is 3.02. The van der Waals surface area contributed by atoms with Gasteiger partial charge in [0.15, 0.2) is 0 Å². The molecule has 2 atom stereocenters. The molecule has 3 heteroatoms. The number of rotatable bonds is 6. The van der Waals surface area contributed by atoms with Gasteiger partial charge in [-0.15, -0.1) is 0 Å². The first-order chi connectivity index (χ1) is 5.72. The summed E-state index contributed by atoms with van der Waals surface area (Å²) in [4.78, 5) is 0. The molecule has 12 heavy (non-hydrogen) atoms. The van der Waals surface area contributed by atoms with Crippen LogP contribution in [0.1, 0.15) is 32.6 Å². The van der Waals surface area contributed by atoms with Crippen molar-refractivity contribution in [1.82, 2.24) is 0 Å². The number of hydrogen-bond donors (Lipinski definition) is 1. The van der Waals surface area contributed by atoms with Crippen molar-refractivity contribution in [2.45, 2.75) is 44.9 Å². The normalized spacial score (nSPS) is 16.7. The van der Waals surface area contributed by atoms with Crippen molar-refractivity contribution in [3.05, 3.63) is 11.6 Å². The highest BCUT2D eigenvalue weighted by atomic mass is 35.5. The molecule has 2 unspecified atom stereocenters. The van der Waals surface area contributed by atoms with Crippen molar-refractivity contribution < 1.29 is 9.50 Å². The van der Waals surface area contributed by atoms with Crippen molar-refractivity contribution in [2.75, 3.05) is 0 Å². The van der Waals surface area contributed by atoms with Crippen LogP contribution in [0.5, 0.6) is 0 Å². The van der Waals surface area contributed by atoms with Crippen LogP contribution in [0.3, 0.4) is 0 Å². The van der Waals surface area contributed by atoms with Crippen molar-refractivity contribution >= 4 is 11.6 Å². The Balaban J connectivity index is 3.49. The third kappa shape index (κ3) is 5.56. The van der Waals surface area contributed by atoms with Crippen molar-refractivity contribution in [3.8, 4) is 0 Å². The molecule has 0 aliphatic rings. The molecule has 0 fully saturated rings. The van der Waals surface area contributed by atoms with E-state index in [1.54, 1.807) is 0 Å². The van der Waals surface area contributed by atoms with Gasteiger partial charge in [0, 0.05) is 5.54 Å². The summed E-state index contributed by atoms with van der Waals surface area (Å²) in [6, 6.07) is 0. The first-order valence-corrected chi connectivity index (χ1v) is 4.75. The lowest BCUT2D eigenvalue weighted by Gasteiger charge is -2.11. The Morgan fingerprint density at radius 3 is 2.67 bits per heavy atom. The first-order valence-electron chi connectivity index (χ1n) is 4.31. The van der Waals surface area contributed by atoms with E-state index in [-0.39, 0.29) is 0 Å². The molecule has 0 amide bonds. The SMILES string of the molecule is CCCCCC(O)C(F)/C=C/Cl. The Morgan fingerprint density at radius 2 is 2.17 bits per heavy atom. The van der Waals surface area contributed by atoms with Crippen molar-refractivity contribution in [2.24, 2.45) is 0 Å². The topological polar surface area (TPSA) is 20.2 Å². The Hall–Kier alpha value is -0.0800. The van der Waals surface area contributed by atoms with E-state index in [9.17, 15) is 9.50 Å². The summed E-state index contributed by atoms with van der Waals surface area (Å²) >= 11 is 5.17. The molecule has 0 aromatic heterocycles. The number of halogens is 2. The molecule has 0 rings (SSSR count). The molecule has 1 N–H and O–H groups in total. The summed E-state index contributed by atoms with van der Waals surface area (Å²) in [7, 11) is 0. The van der Waals surface area contributed by atoms with Crippen LogP contribution in [0.15, 0.2) is 11.6 Å². The lowest BCUT2D eigenvalue weighted by atomic mass is 10.1. The smallest absolute Gasteiger partial charge is 0.145 e. The van der Waals surface area contributed by atoms with Crippen LogP contribution < -0.4 is 0 Å². The molecule has 0 bridgehead atoms.